The first-order valence-electron chi connectivity index (χ1n) is 9.10. The van der Waals surface area contributed by atoms with Crippen LogP contribution in [0.15, 0.2) is 18.2 Å². The summed E-state index contributed by atoms with van der Waals surface area (Å²) in [7, 11) is 0. The molecule has 1 aromatic carbocycles. The van der Waals surface area contributed by atoms with Gasteiger partial charge in [0.25, 0.3) is 0 Å². The molecule has 2 heterocycles. The van der Waals surface area contributed by atoms with E-state index in [1.54, 1.807) is 6.07 Å². The maximum atomic E-state index is 13.5. The second-order valence-corrected chi connectivity index (χ2v) is 7.21. The van der Waals surface area contributed by atoms with Gasteiger partial charge in [-0.15, -0.1) is 12.4 Å². The largest absolute Gasteiger partial charge is 0.354 e. The van der Waals surface area contributed by atoms with Crippen molar-refractivity contribution in [2.75, 3.05) is 26.2 Å². The molecule has 25 heavy (non-hydrogen) atoms. The Balaban J connectivity index is 0.00000225. The SMILES string of the molecule is Cc1ccc(F)cc1CN1CCCC(CNC(=O)C2CCCN2)C1.Cl. The molecule has 2 unspecified atom stereocenters. The number of halogens is 2. The Morgan fingerprint density at radius 1 is 1.36 bits per heavy atom. The summed E-state index contributed by atoms with van der Waals surface area (Å²) in [5.41, 5.74) is 2.20. The number of piperidine rings is 1. The van der Waals surface area contributed by atoms with Crippen molar-refractivity contribution in [2.24, 2.45) is 5.92 Å². The van der Waals surface area contributed by atoms with Gasteiger partial charge in [-0.1, -0.05) is 6.07 Å². The van der Waals surface area contributed by atoms with E-state index in [1.807, 2.05) is 13.0 Å². The standard InChI is InChI=1S/C19H28FN3O.ClH/c1-14-6-7-17(20)10-16(14)13-23-9-3-4-15(12-23)11-22-19(24)18-5-2-8-21-18;/h6-7,10,15,18,21H,2-5,8-9,11-13H2,1H3,(H,22,24);1H. The number of benzene rings is 1. The second kappa shape index (κ2) is 9.51. The molecule has 2 atom stereocenters. The summed E-state index contributed by atoms with van der Waals surface area (Å²) in [4.78, 5) is 14.5. The van der Waals surface area contributed by atoms with Gasteiger partial charge in [0.15, 0.2) is 0 Å². The third-order valence-electron chi connectivity index (χ3n) is 5.25. The van der Waals surface area contributed by atoms with Crippen LogP contribution >= 0.6 is 12.4 Å². The fourth-order valence-electron chi connectivity index (χ4n) is 3.79. The summed E-state index contributed by atoms with van der Waals surface area (Å²) < 4.78 is 13.5. The lowest BCUT2D eigenvalue weighted by Gasteiger charge is -2.33. The molecule has 0 aromatic heterocycles. The summed E-state index contributed by atoms with van der Waals surface area (Å²) in [6.07, 6.45) is 4.32. The molecule has 6 heteroatoms. The molecule has 1 aromatic rings. The first-order chi connectivity index (χ1) is 11.6. The van der Waals surface area contributed by atoms with Crippen molar-refractivity contribution in [3.63, 3.8) is 0 Å². The molecule has 1 amide bonds. The van der Waals surface area contributed by atoms with E-state index in [4.69, 9.17) is 0 Å². The molecule has 0 spiro atoms. The summed E-state index contributed by atoms with van der Waals surface area (Å²) in [6, 6.07) is 5.01. The van der Waals surface area contributed by atoms with Crippen molar-refractivity contribution in [3.8, 4) is 0 Å². The molecule has 2 N–H and O–H groups in total. The van der Waals surface area contributed by atoms with Crippen molar-refractivity contribution in [2.45, 2.75) is 45.2 Å². The van der Waals surface area contributed by atoms with Crippen LogP contribution in [0.5, 0.6) is 0 Å². The van der Waals surface area contributed by atoms with Gasteiger partial charge in [-0.25, -0.2) is 4.39 Å². The number of hydrogen-bond acceptors (Lipinski definition) is 3. The monoisotopic (exact) mass is 369 g/mol. The maximum Gasteiger partial charge on any atom is 0.237 e. The highest BCUT2D eigenvalue weighted by atomic mass is 35.5. The number of hydrogen-bond donors (Lipinski definition) is 2. The summed E-state index contributed by atoms with van der Waals surface area (Å²) in [5.74, 6) is 0.462. The van der Waals surface area contributed by atoms with Gasteiger partial charge in [0.1, 0.15) is 5.82 Å². The number of amides is 1. The van der Waals surface area contributed by atoms with Gasteiger partial charge in [0.2, 0.25) is 5.91 Å². The number of carbonyl (C=O) groups excluding carboxylic acids is 1. The molecular formula is C19H29ClFN3O. The Morgan fingerprint density at radius 2 is 2.20 bits per heavy atom. The zero-order chi connectivity index (χ0) is 16.9. The molecule has 140 valence electrons. The zero-order valence-electron chi connectivity index (χ0n) is 14.9. The zero-order valence-corrected chi connectivity index (χ0v) is 15.7. The van der Waals surface area contributed by atoms with Crippen molar-refractivity contribution < 1.29 is 9.18 Å². The quantitative estimate of drug-likeness (QED) is 0.838. The van der Waals surface area contributed by atoms with Crippen LogP contribution in [0.4, 0.5) is 4.39 Å². The van der Waals surface area contributed by atoms with E-state index in [0.29, 0.717) is 5.92 Å². The molecule has 2 saturated heterocycles. The fourth-order valence-corrected chi connectivity index (χ4v) is 3.79. The molecule has 4 nitrogen and oxygen atoms in total. The molecule has 2 aliphatic rings. The van der Waals surface area contributed by atoms with Crippen LogP contribution in [0.2, 0.25) is 0 Å². The van der Waals surface area contributed by atoms with E-state index in [9.17, 15) is 9.18 Å². The molecular weight excluding hydrogens is 341 g/mol. The lowest BCUT2D eigenvalue weighted by atomic mass is 9.97. The highest BCUT2D eigenvalue weighted by Gasteiger charge is 2.24. The summed E-state index contributed by atoms with van der Waals surface area (Å²) in [6.45, 7) is 6.53. The Hall–Kier alpha value is -1.17. The van der Waals surface area contributed by atoms with E-state index in [0.717, 1.165) is 69.5 Å². The third-order valence-corrected chi connectivity index (χ3v) is 5.25. The smallest absolute Gasteiger partial charge is 0.237 e. The van der Waals surface area contributed by atoms with E-state index < -0.39 is 0 Å². The van der Waals surface area contributed by atoms with Crippen molar-refractivity contribution >= 4 is 18.3 Å². The van der Waals surface area contributed by atoms with Gasteiger partial charge in [-0.05, 0) is 74.9 Å². The molecule has 2 fully saturated rings. The molecule has 2 aliphatic heterocycles. The molecule has 0 saturated carbocycles. The lowest BCUT2D eigenvalue weighted by molar-refractivity contribution is -0.123. The van der Waals surface area contributed by atoms with Gasteiger partial charge >= 0.3 is 0 Å². The van der Waals surface area contributed by atoms with E-state index >= 15 is 0 Å². The van der Waals surface area contributed by atoms with Crippen LogP contribution in [0.1, 0.15) is 36.8 Å². The minimum absolute atomic E-state index is 0. The first-order valence-corrected chi connectivity index (χ1v) is 9.10. The molecule has 0 radical (unpaired) electrons. The minimum Gasteiger partial charge on any atom is -0.354 e. The van der Waals surface area contributed by atoms with Gasteiger partial charge in [-0.3, -0.25) is 9.69 Å². The van der Waals surface area contributed by atoms with Crippen LogP contribution < -0.4 is 10.6 Å². The predicted molar refractivity (Wildman–Crippen MR) is 100 cm³/mol. The van der Waals surface area contributed by atoms with Crippen LogP contribution in [0, 0.1) is 18.7 Å². The number of nitrogens with one attached hydrogen (secondary N) is 2. The number of carbonyl (C=O) groups is 1. The molecule has 0 aliphatic carbocycles. The Kier molecular flexibility index (Phi) is 7.66. The topological polar surface area (TPSA) is 44.4 Å². The van der Waals surface area contributed by atoms with Gasteiger partial charge in [0.05, 0.1) is 6.04 Å². The Morgan fingerprint density at radius 3 is 2.96 bits per heavy atom. The van der Waals surface area contributed by atoms with Crippen LogP contribution in [-0.2, 0) is 11.3 Å². The Labute approximate surface area is 156 Å². The normalized spacial score (nSPS) is 23.9. The maximum absolute atomic E-state index is 13.5. The van der Waals surface area contributed by atoms with Crippen LogP contribution in [0.3, 0.4) is 0 Å². The number of aryl methyl sites for hydroxylation is 1. The van der Waals surface area contributed by atoms with Gasteiger partial charge in [0, 0.05) is 19.6 Å². The summed E-state index contributed by atoms with van der Waals surface area (Å²) >= 11 is 0. The molecule has 0 bridgehead atoms. The first kappa shape index (κ1) is 20.1. The lowest BCUT2D eigenvalue weighted by Crippen LogP contribution is -2.45. The van der Waals surface area contributed by atoms with E-state index in [-0.39, 0.29) is 30.2 Å². The number of nitrogens with zero attached hydrogens (tertiary/aromatic N) is 1. The predicted octanol–water partition coefficient (Wildman–Crippen LogP) is 2.64. The highest BCUT2D eigenvalue weighted by molar-refractivity contribution is 5.85. The number of likely N-dealkylation sites (tertiary alicyclic amines) is 1. The fraction of sp³-hybridized carbons (Fsp3) is 0.632. The van der Waals surface area contributed by atoms with Crippen molar-refractivity contribution in [1.29, 1.82) is 0 Å². The van der Waals surface area contributed by atoms with Crippen molar-refractivity contribution in [3.05, 3.63) is 35.1 Å². The Bertz CT molecular complexity index is 578. The number of rotatable bonds is 5. The summed E-state index contributed by atoms with van der Waals surface area (Å²) in [5, 5.41) is 6.35. The molecule has 3 rings (SSSR count). The third kappa shape index (κ3) is 5.66. The van der Waals surface area contributed by atoms with Crippen LogP contribution in [-0.4, -0.2) is 43.0 Å². The average Bonchev–Trinajstić information content (AvgIpc) is 3.11. The van der Waals surface area contributed by atoms with Crippen molar-refractivity contribution in [1.82, 2.24) is 15.5 Å². The second-order valence-electron chi connectivity index (χ2n) is 7.21. The minimum atomic E-state index is -0.166. The van der Waals surface area contributed by atoms with E-state index in [1.165, 1.54) is 6.07 Å². The van der Waals surface area contributed by atoms with E-state index in [2.05, 4.69) is 15.5 Å². The highest BCUT2D eigenvalue weighted by Crippen LogP contribution is 2.20. The van der Waals surface area contributed by atoms with Gasteiger partial charge in [-0.2, -0.15) is 0 Å². The average molecular weight is 370 g/mol. The van der Waals surface area contributed by atoms with Gasteiger partial charge < -0.3 is 10.6 Å². The van der Waals surface area contributed by atoms with Crippen LogP contribution in [0.25, 0.3) is 0 Å².